The van der Waals surface area contributed by atoms with E-state index in [1.807, 2.05) is 0 Å². The maximum absolute atomic E-state index is 2.49. The second-order valence-corrected chi connectivity index (χ2v) is 10.7. The highest BCUT2D eigenvalue weighted by Crippen LogP contribution is 2.17. The van der Waals surface area contributed by atoms with Gasteiger partial charge in [0.15, 0.2) is 0 Å². The third-order valence-electron chi connectivity index (χ3n) is 4.02. The molecule has 0 saturated heterocycles. The Morgan fingerprint density at radius 2 is 1.42 bits per heavy atom. The Morgan fingerprint density at radius 3 is 2.05 bits per heavy atom. The van der Waals surface area contributed by atoms with Gasteiger partial charge in [-0.2, -0.15) is 0 Å². The van der Waals surface area contributed by atoms with Crippen LogP contribution in [-0.2, 0) is 12.5 Å². The number of benzene rings is 2. The van der Waals surface area contributed by atoms with E-state index >= 15 is 0 Å². The maximum Gasteiger partial charge on any atom is 0.0852 e. The summed E-state index contributed by atoms with van der Waals surface area (Å²) in [4.78, 5) is 0. The molecule has 0 N–H and O–H groups in total. The van der Waals surface area contributed by atoms with Crippen LogP contribution in [0.3, 0.4) is 0 Å². The van der Waals surface area contributed by atoms with E-state index in [2.05, 4.69) is 75.5 Å². The Kier molecular flexibility index (Phi) is 4.26. The van der Waals surface area contributed by atoms with E-state index in [1.165, 1.54) is 22.7 Å². The first-order valence-electron chi connectivity index (χ1n) is 7.17. The predicted molar refractivity (Wildman–Crippen MR) is 87.8 cm³/mol. The van der Waals surface area contributed by atoms with Gasteiger partial charge in [-0.25, -0.2) is 0 Å². The van der Waals surface area contributed by atoms with Crippen LogP contribution in [0.25, 0.3) is 0 Å². The summed E-state index contributed by atoms with van der Waals surface area (Å²) in [5, 5.41) is 1.63. The zero-order valence-electron chi connectivity index (χ0n) is 12.5. The van der Waals surface area contributed by atoms with Crippen molar-refractivity contribution in [3.8, 4) is 0 Å². The van der Waals surface area contributed by atoms with Crippen molar-refractivity contribution in [2.24, 2.45) is 0 Å². The third kappa shape index (κ3) is 3.16. The minimum Gasteiger partial charge on any atom is -0.0652 e. The summed E-state index contributed by atoms with van der Waals surface area (Å²) in [6.07, 6.45) is 1.14. The lowest BCUT2D eigenvalue weighted by atomic mass is 10.1. The zero-order valence-corrected chi connectivity index (χ0v) is 13.5. The van der Waals surface area contributed by atoms with Gasteiger partial charge in [0.1, 0.15) is 0 Å². The quantitative estimate of drug-likeness (QED) is 0.727. The summed E-state index contributed by atoms with van der Waals surface area (Å²) in [5.41, 5.74) is 4.48. The Morgan fingerprint density at radius 1 is 0.842 bits per heavy atom. The molecule has 2 rings (SSSR count). The average molecular weight is 268 g/mol. The maximum atomic E-state index is 2.49. The van der Waals surface area contributed by atoms with E-state index in [4.69, 9.17) is 0 Å². The van der Waals surface area contributed by atoms with Gasteiger partial charge in [0.05, 0.1) is 8.07 Å². The van der Waals surface area contributed by atoms with Crippen molar-refractivity contribution in [2.75, 3.05) is 0 Å². The molecule has 0 saturated carbocycles. The van der Waals surface area contributed by atoms with Crippen LogP contribution in [0.1, 0.15) is 23.6 Å². The molecule has 0 amide bonds. The van der Waals surface area contributed by atoms with Gasteiger partial charge >= 0.3 is 0 Å². The van der Waals surface area contributed by atoms with Gasteiger partial charge in [-0.15, -0.1) is 0 Å². The van der Waals surface area contributed by atoms with Crippen LogP contribution in [0.2, 0.25) is 13.1 Å². The molecule has 19 heavy (non-hydrogen) atoms. The summed E-state index contributed by atoms with van der Waals surface area (Å²) in [5.74, 6) is 0. The number of hydrogen-bond donors (Lipinski definition) is 0. The van der Waals surface area contributed by atoms with E-state index in [1.54, 1.807) is 5.19 Å². The molecule has 2 aromatic carbocycles. The van der Waals surface area contributed by atoms with E-state index < -0.39 is 8.07 Å². The minimum absolute atomic E-state index is 1.14. The monoisotopic (exact) mass is 268 g/mol. The fraction of sp³-hybridized carbons (Fsp3) is 0.333. The van der Waals surface area contributed by atoms with E-state index in [0.717, 1.165) is 6.42 Å². The highest BCUT2D eigenvalue weighted by atomic mass is 28.3. The zero-order chi connectivity index (χ0) is 13.9. The topological polar surface area (TPSA) is 0 Å². The van der Waals surface area contributed by atoms with Crippen LogP contribution in [-0.4, -0.2) is 8.07 Å². The van der Waals surface area contributed by atoms with Crippen molar-refractivity contribution >= 4 is 13.3 Å². The van der Waals surface area contributed by atoms with Crippen LogP contribution in [0.4, 0.5) is 0 Å². The molecule has 0 aromatic heterocycles. The molecule has 0 unspecified atom stereocenters. The van der Waals surface area contributed by atoms with Crippen LogP contribution < -0.4 is 5.19 Å². The molecule has 0 bridgehead atoms. The highest BCUT2D eigenvalue weighted by molar-refractivity contribution is 6.89. The van der Waals surface area contributed by atoms with Gasteiger partial charge in [0, 0.05) is 0 Å². The van der Waals surface area contributed by atoms with Gasteiger partial charge in [-0.1, -0.05) is 73.7 Å². The molecule has 1 heteroatoms. The van der Waals surface area contributed by atoms with Crippen LogP contribution in [0.15, 0.2) is 48.5 Å². The summed E-state index contributed by atoms with van der Waals surface area (Å²) < 4.78 is 0. The highest BCUT2D eigenvalue weighted by Gasteiger charge is 2.26. The fourth-order valence-electron chi connectivity index (χ4n) is 2.87. The van der Waals surface area contributed by atoms with E-state index in [0.29, 0.717) is 0 Å². The van der Waals surface area contributed by atoms with E-state index in [9.17, 15) is 0 Å². The van der Waals surface area contributed by atoms with Crippen molar-refractivity contribution in [3.63, 3.8) is 0 Å². The second kappa shape index (κ2) is 5.75. The first-order chi connectivity index (χ1) is 9.04. The molecule has 0 aliphatic heterocycles. The standard InChI is InChI=1S/C18H24Si/c1-5-16-11-8-9-13-18(16)19(3,4)14-17-12-7-6-10-15(17)2/h6-13H,5,14H2,1-4H3. The van der Waals surface area contributed by atoms with Gasteiger partial charge < -0.3 is 0 Å². The lowest BCUT2D eigenvalue weighted by molar-refractivity contribution is 1.14. The lowest BCUT2D eigenvalue weighted by Gasteiger charge is -2.26. The Balaban J connectivity index is 2.35. The van der Waals surface area contributed by atoms with Gasteiger partial charge in [-0.05, 0) is 36.1 Å². The first kappa shape index (κ1) is 14.1. The van der Waals surface area contributed by atoms with E-state index in [-0.39, 0.29) is 0 Å². The largest absolute Gasteiger partial charge is 0.0852 e. The molecule has 0 aliphatic carbocycles. The van der Waals surface area contributed by atoms with Gasteiger partial charge in [0.25, 0.3) is 0 Å². The van der Waals surface area contributed by atoms with Gasteiger partial charge in [-0.3, -0.25) is 0 Å². The number of rotatable bonds is 4. The molecule has 0 radical (unpaired) electrons. The molecule has 0 fully saturated rings. The predicted octanol–water partition coefficient (Wildman–Crippen LogP) is 4.25. The lowest BCUT2D eigenvalue weighted by Crippen LogP contribution is -2.46. The molecule has 0 atom stereocenters. The van der Waals surface area contributed by atoms with Crippen molar-refractivity contribution in [2.45, 2.75) is 39.4 Å². The SMILES string of the molecule is CCc1ccccc1[Si](C)(C)Cc1ccccc1C. The Bertz CT molecular complexity index is 555. The summed E-state index contributed by atoms with van der Waals surface area (Å²) in [6.45, 7) is 9.48. The van der Waals surface area contributed by atoms with Crippen LogP contribution in [0.5, 0.6) is 0 Å². The molecule has 0 heterocycles. The van der Waals surface area contributed by atoms with Crippen molar-refractivity contribution in [3.05, 3.63) is 65.2 Å². The number of aryl methyl sites for hydroxylation is 2. The smallest absolute Gasteiger partial charge is 0.0652 e. The molecular formula is C18H24Si. The van der Waals surface area contributed by atoms with Crippen molar-refractivity contribution in [1.82, 2.24) is 0 Å². The number of hydrogen-bond acceptors (Lipinski definition) is 0. The van der Waals surface area contributed by atoms with Gasteiger partial charge in [0.2, 0.25) is 0 Å². The minimum atomic E-state index is -1.42. The van der Waals surface area contributed by atoms with Crippen molar-refractivity contribution in [1.29, 1.82) is 0 Å². The molecule has 100 valence electrons. The second-order valence-electron chi connectivity index (χ2n) is 6.00. The molecular weight excluding hydrogens is 244 g/mol. The third-order valence-corrected chi connectivity index (χ3v) is 7.23. The Labute approximate surface area is 118 Å². The Hall–Kier alpha value is -1.34. The fourth-order valence-corrected chi connectivity index (χ4v) is 6.08. The van der Waals surface area contributed by atoms with Crippen LogP contribution in [0, 0.1) is 6.92 Å². The average Bonchev–Trinajstić information content (AvgIpc) is 2.41. The van der Waals surface area contributed by atoms with Crippen LogP contribution >= 0.6 is 0 Å². The summed E-state index contributed by atoms with van der Waals surface area (Å²) >= 11 is 0. The molecule has 0 aliphatic rings. The molecule has 0 spiro atoms. The summed E-state index contributed by atoms with van der Waals surface area (Å²) in [7, 11) is -1.42. The first-order valence-corrected chi connectivity index (χ1v) is 10.4. The molecule has 2 aromatic rings. The van der Waals surface area contributed by atoms with Crippen molar-refractivity contribution < 1.29 is 0 Å². The normalized spacial score (nSPS) is 11.6. The molecule has 0 nitrogen and oxygen atoms in total. The summed E-state index contributed by atoms with van der Waals surface area (Å²) in [6, 6.07) is 19.1.